The van der Waals surface area contributed by atoms with Crippen molar-refractivity contribution < 1.29 is 14.4 Å². The Morgan fingerprint density at radius 2 is 2.20 bits per heavy atom. The van der Waals surface area contributed by atoms with E-state index in [1.807, 2.05) is 24.3 Å². The predicted molar refractivity (Wildman–Crippen MR) is 69.4 cm³/mol. The minimum absolute atomic E-state index is 0.0232. The average Bonchev–Trinajstić information content (AvgIpc) is 3.15. The molecule has 3 heterocycles. The number of ether oxygens (including phenoxy) is 1. The zero-order chi connectivity index (χ0) is 13.5. The van der Waals surface area contributed by atoms with E-state index in [4.69, 9.17) is 9.26 Å². The second kappa shape index (κ2) is 4.57. The molecular formula is C14H15N3O3. The molecule has 0 amide bonds. The molecule has 3 atom stereocenters. The van der Waals surface area contributed by atoms with E-state index >= 15 is 0 Å². The number of hydrogen-bond donors (Lipinski definition) is 2. The Morgan fingerprint density at radius 3 is 3.05 bits per heavy atom. The first-order chi connectivity index (χ1) is 9.81. The van der Waals surface area contributed by atoms with Crippen LogP contribution in [0, 0.1) is 0 Å². The molecular weight excluding hydrogens is 258 g/mol. The first kappa shape index (κ1) is 11.9. The van der Waals surface area contributed by atoms with Crippen molar-refractivity contribution in [3.8, 4) is 5.75 Å². The number of hydrogen-bond acceptors (Lipinski definition) is 6. The SMILES string of the molecule is O[C@@H]1CN[C@H](c2nc(C3COc4ccccc43)no2)C1. The monoisotopic (exact) mass is 273 g/mol. The molecule has 1 saturated heterocycles. The van der Waals surface area contributed by atoms with Crippen LogP contribution in [0.4, 0.5) is 0 Å². The molecule has 6 nitrogen and oxygen atoms in total. The third-order valence-corrected chi connectivity index (χ3v) is 3.87. The van der Waals surface area contributed by atoms with E-state index in [2.05, 4.69) is 15.5 Å². The number of benzene rings is 1. The lowest BCUT2D eigenvalue weighted by atomic mass is 10.0. The molecule has 0 aliphatic carbocycles. The molecule has 4 rings (SSSR count). The summed E-state index contributed by atoms with van der Waals surface area (Å²) < 4.78 is 11.0. The summed E-state index contributed by atoms with van der Waals surface area (Å²) in [5, 5.41) is 16.8. The highest BCUT2D eigenvalue weighted by Gasteiger charge is 2.32. The molecule has 0 spiro atoms. The van der Waals surface area contributed by atoms with E-state index in [1.54, 1.807) is 0 Å². The number of β-amino-alcohol motifs (C(OH)–C–C–N with tert-alkyl or cyclic N) is 1. The summed E-state index contributed by atoms with van der Waals surface area (Å²) in [7, 11) is 0. The fourth-order valence-corrected chi connectivity index (χ4v) is 2.81. The maximum absolute atomic E-state index is 9.54. The van der Waals surface area contributed by atoms with E-state index < -0.39 is 0 Å². The van der Waals surface area contributed by atoms with Crippen molar-refractivity contribution in [2.45, 2.75) is 24.5 Å². The van der Waals surface area contributed by atoms with Crippen molar-refractivity contribution in [3.05, 3.63) is 41.5 Å². The molecule has 1 fully saturated rings. The number of nitrogens with one attached hydrogen (secondary N) is 1. The van der Waals surface area contributed by atoms with Gasteiger partial charge in [-0.05, 0) is 12.5 Å². The van der Waals surface area contributed by atoms with Crippen LogP contribution in [0.15, 0.2) is 28.8 Å². The van der Waals surface area contributed by atoms with Crippen LogP contribution in [-0.4, -0.2) is 34.5 Å². The normalized spacial score (nSPS) is 28.4. The third-order valence-electron chi connectivity index (χ3n) is 3.87. The fourth-order valence-electron chi connectivity index (χ4n) is 2.81. The Balaban J connectivity index is 1.60. The standard InChI is InChI=1S/C14H15N3O3/c18-8-5-11(15-6-8)14-16-13(17-20-14)10-7-19-12-4-2-1-3-9(10)12/h1-4,8,10-11,15,18H,5-7H2/t8-,10?,11-/m0/s1. The van der Waals surface area contributed by atoms with Gasteiger partial charge >= 0.3 is 0 Å². The van der Waals surface area contributed by atoms with E-state index in [0.29, 0.717) is 31.3 Å². The highest BCUT2D eigenvalue weighted by atomic mass is 16.5. The van der Waals surface area contributed by atoms with Gasteiger partial charge in [-0.15, -0.1) is 0 Å². The number of para-hydroxylation sites is 1. The zero-order valence-corrected chi connectivity index (χ0v) is 10.8. The molecule has 6 heteroatoms. The lowest BCUT2D eigenvalue weighted by molar-refractivity contribution is 0.191. The molecule has 2 aliphatic heterocycles. The number of aliphatic hydroxyl groups is 1. The molecule has 0 bridgehead atoms. The smallest absolute Gasteiger partial charge is 0.243 e. The van der Waals surface area contributed by atoms with Crippen molar-refractivity contribution in [1.82, 2.24) is 15.5 Å². The largest absolute Gasteiger partial charge is 0.492 e. The maximum atomic E-state index is 9.54. The van der Waals surface area contributed by atoms with E-state index in [1.165, 1.54) is 0 Å². The Bertz CT molecular complexity index is 628. The minimum Gasteiger partial charge on any atom is -0.492 e. The van der Waals surface area contributed by atoms with Crippen LogP contribution in [0.5, 0.6) is 5.75 Å². The van der Waals surface area contributed by atoms with E-state index in [9.17, 15) is 5.11 Å². The van der Waals surface area contributed by atoms with Gasteiger partial charge in [-0.25, -0.2) is 0 Å². The quantitative estimate of drug-likeness (QED) is 0.849. The Labute approximate surface area is 115 Å². The topological polar surface area (TPSA) is 80.4 Å². The Kier molecular flexibility index (Phi) is 2.71. The van der Waals surface area contributed by atoms with Gasteiger partial charge in [0.15, 0.2) is 5.82 Å². The highest BCUT2D eigenvalue weighted by molar-refractivity contribution is 5.42. The Morgan fingerprint density at radius 1 is 1.30 bits per heavy atom. The van der Waals surface area contributed by atoms with Crippen molar-refractivity contribution in [2.75, 3.05) is 13.2 Å². The van der Waals surface area contributed by atoms with Crippen molar-refractivity contribution in [1.29, 1.82) is 0 Å². The number of fused-ring (bicyclic) bond motifs is 1. The van der Waals surface area contributed by atoms with Crippen LogP contribution in [0.2, 0.25) is 0 Å². The van der Waals surface area contributed by atoms with Crippen LogP contribution in [0.3, 0.4) is 0 Å². The van der Waals surface area contributed by atoms with Gasteiger partial charge in [0.1, 0.15) is 12.4 Å². The number of aromatic nitrogens is 2. The van der Waals surface area contributed by atoms with Gasteiger partial charge in [0.25, 0.3) is 0 Å². The fraction of sp³-hybridized carbons (Fsp3) is 0.429. The van der Waals surface area contributed by atoms with Crippen molar-refractivity contribution >= 4 is 0 Å². The van der Waals surface area contributed by atoms with Crippen LogP contribution in [0.1, 0.15) is 35.7 Å². The third kappa shape index (κ3) is 1.88. The summed E-state index contributed by atoms with van der Waals surface area (Å²) in [6, 6.07) is 7.86. The summed E-state index contributed by atoms with van der Waals surface area (Å²) in [5.74, 6) is 2.10. The second-order valence-electron chi connectivity index (χ2n) is 5.24. The molecule has 1 unspecified atom stereocenters. The molecule has 2 aliphatic rings. The van der Waals surface area contributed by atoms with Crippen LogP contribution in [-0.2, 0) is 0 Å². The molecule has 1 aromatic carbocycles. The Hall–Kier alpha value is -1.92. The predicted octanol–water partition coefficient (Wildman–Crippen LogP) is 0.989. The first-order valence-electron chi connectivity index (χ1n) is 6.78. The van der Waals surface area contributed by atoms with Gasteiger partial charge in [0.2, 0.25) is 5.89 Å². The van der Waals surface area contributed by atoms with Crippen molar-refractivity contribution in [2.24, 2.45) is 0 Å². The maximum Gasteiger partial charge on any atom is 0.243 e. The molecule has 0 saturated carbocycles. The second-order valence-corrected chi connectivity index (χ2v) is 5.24. The van der Waals surface area contributed by atoms with Gasteiger partial charge in [0.05, 0.1) is 18.1 Å². The number of aliphatic hydroxyl groups excluding tert-OH is 1. The number of rotatable bonds is 2. The zero-order valence-electron chi connectivity index (χ0n) is 10.8. The summed E-state index contributed by atoms with van der Waals surface area (Å²) in [6.45, 7) is 1.11. The first-order valence-corrected chi connectivity index (χ1v) is 6.78. The molecule has 1 aromatic heterocycles. The van der Waals surface area contributed by atoms with Gasteiger partial charge in [-0.3, -0.25) is 0 Å². The van der Waals surface area contributed by atoms with Gasteiger partial charge in [-0.1, -0.05) is 23.4 Å². The number of nitrogens with zero attached hydrogens (tertiary/aromatic N) is 2. The summed E-state index contributed by atoms with van der Waals surface area (Å²) in [4.78, 5) is 4.48. The molecule has 2 N–H and O–H groups in total. The van der Waals surface area contributed by atoms with Crippen LogP contribution >= 0.6 is 0 Å². The van der Waals surface area contributed by atoms with Gasteiger partial charge in [0, 0.05) is 12.1 Å². The molecule has 0 radical (unpaired) electrons. The van der Waals surface area contributed by atoms with Gasteiger partial charge in [-0.2, -0.15) is 4.98 Å². The van der Waals surface area contributed by atoms with E-state index in [0.717, 1.165) is 11.3 Å². The molecule has 2 aromatic rings. The van der Waals surface area contributed by atoms with Crippen LogP contribution in [0.25, 0.3) is 0 Å². The average molecular weight is 273 g/mol. The summed E-state index contributed by atoms with van der Waals surface area (Å²) in [6.07, 6.45) is 0.269. The van der Waals surface area contributed by atoms with Crippen LogP contribution < -0.4 is 10.1 Å². The molecule has 104 valence electrons. The van der Waals surface area contributed by atoms with Gasteiger partial charge < -0.3 is 19.7 Å². The summed E-state index contributed by atoms with van der Waals surface area (Å²) >= 11 is 0. The summed E-state index contributed by atoms with van der Waals surface area (Å²) in [5.41, 5.74) is 1.10. The molecule has 20 heavy (non-hydrogen) atoms. The van der Waals surface area contributed by atoms with Crippen molar-refractivity contribution in [3.63, 3.8) is 0 Å². The minimum atomic E-state index is -0.342. The lowest BCUT2D eigenvalue weighted by Crippen LogP contribution is -2.15. The lowest BCUT2D eigenvalue weighted by Gasteiger charge is -2.03. The highest BCUT2D eigenvalue weighted by Crippen LogP contribution is 2.37. The van der Waals surface area contributed by atoms with E-state index in [-0.39, 0.29) is 18.1 Å².